The van der Waals surface area contributed by atoms with E-state index < -0.39 is 29.3 Å². The van der Waals surface area contributed by atoms with Crippen LogP contribution in [0, 0.1) is 11.3 Å². The van der Waals surface area contributed by atoms with Crippen molar-refractivity contribution in [2.75, 3.05) is 11.4 Å². The molecule has 0 amide bonds. The van der Waals surface area contributed by atoms with Crippen LogP contribution in [0.3, 0.4) is 0 Å². The number of alkyl halides is 3. The van der Waals surface area contributed by atoms with Gasteiger partial charge in [0, 0.05) is 18.3 Å². The number of nitrogens with zero attached hydrogens (tertiary/aromatic N) is 2. The fourth-order valence-electron chi connectivity index (χ4n) is 2.15. The number of benzene rings is 1. The van der Waals surface area contributed by atoms with Gasteiger partial charge in [-0.15, -0.1) is 0 Å². The Balaban J connectivity index is 3.24. The molecule has 0 spiro atoms. The zero-order chi connectivity index (χ0) is 16.2. The summed E-state index contributed by atoms with van der Waals surface area (Å²) in [6.45, 7) is 3.71. The lowest BCUT2D eigenvalue weighted by Crippen LogP contribution is -2.34. The summed E-state index contributed by atoms with van der Waals surface area (Å²) in [6, 6.07) is 4.45. The van der Waals surface area contributed by atoms with E-state index in [0.29, 0.717) is 6.54 Å². The summed E-state index contributed by atoms with van der Waals surface area (Å²) < 4.78 is 38.8. The summed E-state index contributed by atoms with van der Waals surface area (Å²) in [6.07, 6.45) is -4.81. The van der Waals surface area contributed by atoms with Gasteiger partial charge in [-0.3, -0.25) is 4.79 Å². The molecule has 1 unspecified atom stereocenters. The van der Waals surface area contributed by atoms with E-state index >= 15 is 0 Å². The minimum atomic E-state index is -4.63. The van der Waals surface area contributed by atoms with Crippen LogP contribution in [0.4, 0.5) is 18.9 Å². The fourth-order valence-corrected chi connectivity index (χ4v) is 2.15. The van der Waals surface area contributed by atoms with Crippen molar-refractivity contribution in [3.8, 4) is 6.07 Å². The van der Waals surface area contributed by atoms with E-state index in [1.54, 1.807) is 18.7 Å². The Morgan fingerprint density at radius 1 is 1.48 bits per heavy atom. The van der Waals surface area contributed by atoms with E-state index in [0.717, 1.165) is 12.1 Å². The monoisotopic (exact) mass is 300 g/mol. The Kier molecular flexibility index (Phi) is 5.19. The quantitative estimate of drug-likeness (QED) is 0.906. The van der Waals surface area contributed by atoms with Crippen LogP contribution in [-0.2, 0) is 11.0 Å². The molecule has 1 rings (SSSR count). The molecule has 1 aromatic rings. The first-order valence-corrected chi connectivity index (χ1v) is 6.30. The van der Waals surface area contributed by atoms with Crippen LogP contribution in [0.25, 0.3) is 0 Å². The summed E-state index contributed by atoms with van der Waals surface area (Å²) in [5.41, 5.74) is -1.21. The number of halogens is 3. The molecule has 0 fully saturated rings. The Labute approximate surface area is 120 Å². The van der Waals surface area contributed by atoms with Crippen molar-refractivity contribution in [1.82, 2.24) is 0 Å². The minimum absolute atomic E-state index is 0.185. The van der Waals surface area contributed by atoms with Crippen LogP contribution in [0.15, 0.2) is 18.2 Å². The molecular formula is C14H15F3N2O2. The molecule has 0 bridgehead atoms. The number of nitriles is 1. The fraction of sp³-hybridized carbons (Fsp3) is 0.429. The standard InChI is InChI=1S/C14H15F3N2O2/c1-3-19(9(2)6-13(20)21)11-5-4-10(8-18)12(7-11)14(15,16)17/h4-5,7,9H,3,6H2,1-2H3,(H,20,21). The molecule has 0 saturated carbocycles. The Morgan fingerprint density at radius 3 is 2.52 bits per heavy atom. The van der Waals surface area contributed by atoms with Gasteiger partial charge in [0.25, 0.3) is 0 Å². The summed E-state index contributed by atoms with van der Waals surface area (Å²) in [4.78, 5) is 12.3. The Morgan fingerprint density at radius 2 is 2.10 bits per heavy atom. The van der Waals surface area contributed by atoms with Gasteiger partial charge in [-0.05, 0) is 32.0 Å². The third-order valence-corrected chi connectivity index (χ3v) is 3.10. The van der Waals surface area contributed by atoms with Crippen molar-refractivity contribution < 1.29 is 23.1 Å². The van der Waals surface area contributed by atoms with Crippen LogP contribution in [0.5, 0.6) is 0 Å². The molecular weight excluding hydrogens is 285 g/mol. The topological polar surface area (TPSA) is 64.3 Å². The summed E-state index contributed by atoms with van der Waals surface area (Å²) in [5, 5.41) is 17.5. The van der Waals surface area contributed by atoms with E-state index in [4.69, 9.17) is 10.4 Å². The average molecular weight is 300 g/mol. The molecule has 4 nitrogen and oxygen atoms in total. The molecule has 0 radical (unpaired) electrons. The molecule has 21 heavy (non-hydrogen) atoms. The van der Waals surface area contributed by atoms with Gasteiger partial charge in [0.2, 0.25) is 0 Å². The molecule has 0 aromatic heterocycles. The maximum Gasteiger partial charge on any atom is 0.417 e. The lowest BCUT2D eigenvalue weighted by atomic mass is 10.1. The van der Waals surface area contributed by atoms with Gasteiger partial charge in [0.15, 0.2) is 0 Å². The van der Waals surface area contributed by atoms with Gasteiger partial charge < -0.3 is 10.0 Å². The van der Waals surface area contributed by atoms with Gasteiger partial charge >= 0.3 is 12.1 Å². The van der Waals surface area contributed by atoms with Crippen molar-refractivity contribution >= 4 is 11.7 Å². The van der Waals surface area contributed by atoms with Gasteiger partial charge in [-0.1, -0.05) is 0 Å². The zero-order valence-corrected chi connectivity index (χ0v) is 11.6. The molecule has 7 heteroatoms. The zero-order valence-electron chi connectivity index (χ0n) is 11.6. The molecule has 1 N–H and O–H groups in total. The van der Waals surface area contributed by atoms with Crippen molar-refractivity contribution in [3.05, 3.63) is 29.3 Å². The summed E-state index contributed by atoms with van der Waals surface area (Å²) >= 11 is 0. The van der Waals surface area contributed by atoms with E-state index in [1.165, 1.54) is 12.1 Å². The third kappa shape index (κ3) is 4.12. The number of anilines is 1. The highest BCUT2D eigenvalue weighted by atomic mass is 19.4. The molecule has 1 aromatic carbocycles. The van der Waals surface area contributed by atoms with Crippen molar-refractivity contribution in [2.45, 2.75) is 32.5 Å². The van der Waals surface area contributed by atoms with Gasteiger partial charge in [-0.2, -0.15) is 18.4 Å². The van der Waals surface area contributed by atoms with Crippen LogP contribution >= 0.6 is 0 Å². The highest BCUT2D eigenvalue weighted by molar-refractivity contribution is 5.68. The molecule has 114 valence electrons. The lowest BCUT2D eigenvalue weighted by molar-refractivity contribution is -0.138. The molecule has 0 aliphatic carbocycles. The second-order valence-corrected chi connectivity index (χ2v) is 4.57. The second-order valence-electron chi connectivity index (χ2n) is 4.57. The van der Waals surface area contributed by atoms with E-state index in [-0.39, 0.29) is 12.1 Å². The number of aliphatic carboxylic acids is 1. The lowest BCUT2D eigenvalue weighted by Gasteiger charge is -2.30. The SMILES string of the molecule is CCN(c1ccc(C#N)c(C(F)(F)F)c1)C(C)CC(=O)O. The molecule has 1 atom stereocenters. The van der Waals surface area contributed by atoms with Crippen LogP contribution < -0.4 is 4.90 Å². The van der Waals surface area contributed by atoms with Gasteiger partial charge in [-0.25, -0.2) is 0 Å². The first-order valence-electron chi connectivity index (χ1n) is 6.30. The maximum atomic E-state index is 12.9. The summed E-state index contributed by atoms with van der Waals surface area (Å²) in [7, 11) is 0. The maximum absolute atomic E-state index is 12.9. The van der Waals surface area contributed by atoms with Crippen LogP contribution in [0.2, 0.25) is 0 Å². The number of rotatable bonds is 5. The third-order valence-electron chi connectivity index (χ3n) is 3.10. The number of hydrogen-bond donors (Lipinski definition) is 1. The molecule has 0 saturated heterocycles. The van der Waals surface area contributed by atoms with Crippen LogP contribution in [0.1, 0.15) is 31.4 Å². The Hall–Kier alpha value is -2.23. The van der Waals surface area contributed by atoms with E-state index in [1.807, 2.05) is 0 Å². The Bertz CT molecular complexity index is 564. The number of carboxylic acids is 1. The van der Waals surface area contributed by atoms with Gasteiger partial charge in [0.1, 0.15) is 0 Å². The highest BCUT2D eigenvalue weighted by Crippen LogP contribution is 2.34. The predicted octanol–water partition coefficient (Wildman–Crippen LogP) is 3.27. The minimum Gasteiger partial charge on any atom is -0.481 e. The number of hydrogen-bond acceptors (Lipinski definition) is 3. The first-order chi connectivity index (χ1) is 9.70. The van der Waals surface area contributed by atoms with Gasteiger partial charge in [0.05, 0.1) is 23.6 Å². The largest absolute Gasteiger partial charge is 0.481 e. The van der Waals surface area contributed by atoms with E-state index in [9.17, 15) is 18.0 Å². The highest BCUT2D eigenvalue weighted by Gasteiger charge is 2.34. The van der Waals surface area contributed by atoms with Crippen molar-refractivity contribution in [3.63, 3.8) is 0 Å². The normalized spacial score (nSPS) is 12.6. The smallest absolute Gasteiger partial charge is 0.417 e. The summed E-state index contributed by atoms with van der Waals surface area (Å²) in [5.74, 6) is -1.02. The molecule has 0 aliphatic heterocycles. The second kappa shape index (κ2) is 6.48. The average Bonchev–Trinajstić information content (AvgIpc) is 2.37. The number of carbonyl (C=O) groups is 1. The predicted molar refractivity (Wildman–Crippen MR) is 70.9 cm³/mol. The van der Waals surface area contributed by atoms with Crippen molar-refractivity contribution in [2.24, 2.45) is 0 Å². The molecule has 0 aliphatic rings. The van der Waals surface area contributed by atoms with E-state index in [2.05, 4.69) is 0 Å². The first kappa shape index (κ1) is 16.8. The molecule has 0 heterocycles. The van der Waals surface area contributed by atoms with Crippen LogP contribution in [-0.4, -0.2) is 23.7 Å². The van der Waals surface area contributed by atoms with Crippen molar-refractivity contribution in [1.29, 1.82) is 5.26 Å². The number of carboxylic acid groups (broad SMARTS) is 1.